The molecule has 2 nitrogen and oxygen atoms in total. The van der Waals surface area contributed by atoms with Crippen molar-refractivity contribution in [3.05, 3.63) is 65.2 Å². The maximum atomic E-state index is 9.84. The van der Waals surface area contributed by atoms with Gasteiger partial charge < -0.3 is 10.0 Å². The largest absolute Gasteiger partial charge is 0.389 e. The van der Waals surface area contributed by atoms with Crippen LogP contribution >= 0.6 is 0 Å². The zero-order chi connectivity index (χ0) is 13.8. The molecule has 0 unspecified atom stereocenters. The van der Waals surface area contributed by atoms with Crippen LogP contribution < -0.4 is 4.90 Å². The van der Waals surface area contributed by atoms with E-state index in [-0.39, 0.29) is 0 Å². The number of anilines is 1. The van der Waals surface area contributed by atoms with E-state index >= 15 is 0 Å². The summed E-state index contributed by atoms with van der Waals surface area (Å²) in [6, 6.07) is 16.5. The topological polar surface area (TPSA) is 23.5 Å². The van der Waals surface area contributed by atoms with E-state index in [1.54, 1.807) is 6.92 Å². The summed E-state index contributed by atoms with van der Waals surface area (Å²) in [6.07, 6.45) is -0.448. The van der Waals surface area contributed by atoms with Crippen molar-refractivity contribution in [2.45, 2.75) is 26.5 Å². The van der Waals surface area contributed by atoms with Gasteiger partial charge in [0.25, 0.3) is 0 Å². The number of benzene rings is 2. The van der Waals surface area contributed by atoms with E-state index in [0.29, 0.717) is 0 Å². The molecule has 0 saturated heterocycles. The monoisotopic (exact) mass is 255 g/mol. The van der Waals surface area contributed by atoms with Crippen LogP contribution in [-0.2, 0) is 6.54 Å². The van der Waals surface area contributed by atoms with Crippen LogP contribution in [0, 0.1) is 6.92 Å². The number of hydrogen-bond acceptors (Lipinski definition) is 2. The summed E-state index contributed by atoms with van der Waals surface area (Å²) < 4.78 is 0. The van der Waals surface area contributed by atoms with Crippen LogP contribution in [0.1, 0.15) is 29.7 Å². The van der Waals surface area contributed by atoms with Crippen molar-refractivity contribution in [2.24, 2.45) is 0 Å². The minimum absolute atomic E-state index is 0.448. The molecule has 0 aliphatic rings. The van der Waals surface area contributed by atoms with Crippen LogP contribution in [0.2, 0.25) is 0 Å². The first-order valence-corrected chi connectivity index (χ1v) is 6.61. The fraction of sp³-hybridized carbons (Fsp3) is 0.294. The second kappa shape index (κ2) is 5.89. The number of aliphatic hydroxyl groups excluding tert-OH is 1. The highest BCUT2D eigenvalue weighted by atomic mass is 16.3. The van der Waals surface area contributed by atoms with Crippen LogP contribution in [-0.4, -0.2) is 12.2 Å². The van der Waals surface area contributed by atoms with Gasteiger partial charge in [-0.2, -0.15) is 0 Å². The van der Waals surface area contributed by atoms with Gasteiger partial charge in [-0.3, -0.25) is 0 Å². The van der Waals surface area contributed by atoms with Crippen LogP contribution in [0.4, 0.5) is 5.69 Å². The molecule has 100 valence electrons. The fourth-order valence-electron chi connectivity index (χ4n) is 2.36. The Balaban J connectivity index is 2.23. The Hall–Kier alpha value is -1.80. The minimum atomic E-state index is -0.448. The molecule has 0 bridgehead atoms. The van der Waals surface area contributed by atoms with Crippen molar-refractivity contribution in [3.63, 3.8) is 0 Å². The quantitative estimate of drug-likeness (QED) is 0.900. The van der Waals surface area contributed by atoms with Gasteiger partial charge in [-0.05, 0) is 25.5 Å². The average molecular weight is 255 g/mol. The lowest BCUT2D eigenvalue weighted by atomic mass is 10.1. The van der Waals surface area contributed by atoms with Gasteiger partial charge >= 0.3 is 0 Å². The van der Waals surface area contributed by atoms with E-state index < -0.39 is 6.10 Å². The smallest absolute Gasteiger partial charge is 0.0781 e. The molecule has 0 heterocycles. The highest BCUT2D eigenvalue weighted by Gasteiger charge is 2.11. The zero-order valence-corrected chi connectivity index (χ0v) is 11.8. The first-order chi connectivity index (χ1) is 9.08. The van der Waals surface area contributed by atoms with E-state index in [1.807, 2.05) is 18.2 Å². The normalized spacial score (nSPS) is 12.2. The molecule has 2 aromatic carbocycles. The lowest BCUT2D eigenvalue weighted by molar-refractivity contribution is 0.199. The zero-order valence-electron chi connectivity index (χ0n) is 11.8. The highest BCUT2D eigenvalue weighted by molar-refractivity contribution is 5.54. The van der Waals surface area contributed by atoms with Crippen LogP contribution in [0.25, 0.3) is 0 Å². The Morgan fingerprint density at radius 2 is 1.84 bits per heavy atom. The molecule has 1 atom stereocenters. The van der Waals surface area contributed by atoms with E-state index in [2.05, 4.69) is 49.2 Å². The van der Waals surface area contributed by atoms with E-state index in [9.17, 15) is 5.11 Å². The van der Waals surface area contributed by atoms with Gasteiger partial charge in [0, 0.05) is 24.8 Å². The summed E-state index contributed by atoms with van der Waals surface area (Å²) in [4.78, 5) is 2.18. The van der Waals surface area contributed by atoms with Crippen molar-refractivity contribution in [2.75, 3.05) is 11.9 Å². The molecular formula is C17H21NO. The predicted octanol–water partition coefficient (Wildman–Crippen LogP) is 3.68. The number of aliphatic hydroxyl groups is 1. The molecule has 0 radical (unpaired) electrons. The molecule has 0 aliphatic carbocycles. The van der Waals surface area contributed by atoms with Gasteiger partial charge in [0.2, 0.25) is 0 Å². The summed E-state index contributed by atoms with van der Waals surface area (Å²) in [6.45, 7) is 4.75. The third-order valence-electron chi connectivity index (χ3n) is 3.30. The van der Waals surface area contributed by atoms with Crippen LogP contribution in [0.15, 0.2) is 48.5 Å². The Morgan fingerprint density at radius 1 is 1.11 bits per heavy atom. The summed E-state index contributed by atoms with van der Waals surface area (Å²) in [5.41, 5.74) is 4.61. The number of hydrogen-bond donors (Lipinski definition) is 1. The SMILES string of the molecule is Cc1cccc(CN(C)c2ccccc2[C@H](C)O)c1. The summed E-state index contributed by atoms with van der Waals surface area (Å²) in [5, 5.41) is 9.84. The molecule has 1 N–H and O–H groups in total. The molecule has 2 rings (SSSR count). The van der Waals surface area contributed by atoms with Crippen LogP contribution in [0.5, 0.6) is 0 Å². The number of nitrogens with zero attached hydrogens (tertiary/aromatic N) is 1. The Bertz CT molecular complexity index is 548. The number of rotatable bonds is 4. The standard InChI is InChI=1S/C17H21NO/c1-13-7-6-8-15(11-13)12-18(3)17-10-5-4-9-16(17)14(2)19/h4-11,14,19H,12H2,1-3H3/t14-/m0/s1. The molecule has 0 aliphatic heterocycles. The molecule has 0 amide bonds. The third kappa shape index (κ3) is 3.36. The van der Waals surface area contributed by atoms with Crippen molar-refractivity contribution in [1.29, 1.82) is 0 Å². The summed E-state index contributed by atoms with van der Waals surface area (Å²) in [7, 11) is 2.06. The number of aryl methyl sites for hydroxylation is 1. The molecule has 0 spiro atoms. The maximum Gasteiger partial charge on any atom is 0.0781 e. The Labute approximate surface area is 115 Å². The molecule has 2 heteroatoms. The molecule has 2 aromatic rings. The molecule has 0 aromatic heterocycles. The summed E-state index contributed by atoms with van der Waals surface area (Å²) >= 11 is 0. The highest BCUT2D eigenvalue weighted by Crippen LogP contribution is 2.26. The van der Waals surface area contributed by atoms with Gasteiger partial charge in [0.15, 0.2) is 0 Å². The van der Waals surface area contributed by atoms with E-state index in [0.717, 1.165) is 17.8 Å². The van der Waals surface area contributed by atoms with Gasteiger partial charge in [-0.25, -0.2) is 0 Å². The van der Waals surface area contributed by atoms with Crippen molar-refractivity contribution in [1.82, 2.24) is 0 Å². The van der Waals surface area contributed by atoms with Gasteiger partial charge in [-0.15, -0.1) is 0 Å². The maximum absolute atomic E-state index is 9.84. The Morgan fingerprint density at radius 3 is 2.53 bits per heavy atom. The molecule has 0 saturated carbocycles. The lowest BCUT2D eigenvalue weighted by Gasteiger charge is -2.23. The van der Waals surface area contributed by atoms with Crippen molar-refractivity contribution >= 4 is 5.69 Å². The van der Waals surface area contributed by atoms with Gasteiger partial charge in [0.05, 0.1) is 6.10 Å². The first-order valence-electron chi connectivity index (χ1n) is 6.61. The second-order valence-corrected chi connectivity index (χ2v) is 5.08. The molecule has 19 heavy (non-hydrogen) atoms. The first kappa shape index (κ1) is 13.6. The average Bonchev–Trinajstić information content (AvgIpc) is 2.38. The van der Waals surface area contributed by atoms with E-state index in [1.165, 1.54) is 11.1 Å². The minimum Gasteiger partial charge on any atom is -0.389 e. The van der Waals surface area contributed by atoms with Crippen LogP contribution in [0.3, 0.4) is 0 Å². The predicted molar refractivity (Wildman–Crippen MR) is 80.4 cm³/mol. The Kier molecular flexibility index (Phi) is 4.23. The fourth-order valence-corrected chi connectivity index (χ4v) is 2.36. The molecular weight excluding hydrogens is 234 g/mol. The van der Waals surface area contributed by atoms with Gasteiger partial charge in [-0.1, -0.05) is 48.0 Å². The van der Waals surface area contributed by atoms with Crippen molar-refractivity contribution in [3.8, 4) is 0 Å². The summed E-state index contributed by atoms with van der Waals surface area (Å²) in [5.74, 6) is 0. The number of para-hydroxylation sites is 1. The van der Waals surface area contributed by atoms with Gasteiger partial charge in [0.1, 0.15) is 0 Å². The second-order valence-electron chi connectivity index (χ2n) is 5.08. The van der Waals surface area contributed by atoms with Crippen molar-refractivity contribution < 1.29 is 5.11 Å². The third-order valence-corrected chi connectivity index (χ3v) is 3.30. The van der Waals surface area contributed by atoms with E-state index in [4.69, 9.17) is 0 Å². The lowest BCUT2D eigenvalue weighted by Crippen LogP contribution is -2.18. The molecule has 0 fully saturated rings.